The Hall–Kier alpha value is -2.74. The number of hydrogen-bond donors (Lipinski definition) is 1. The van der Waals surface area contributed by atoms with Gasteiger partial charge < -0.3 is 10.1 Å². The Kier molecular flexibility index (Phi) is 8.90. The topological polar surface area (TPSA) is 76.5 Å². The molecular weight excluding hydrogens is 464 g/mol. The average molecular weight is 497 g/mol. The van der Waals surface area contributed by atoms with Gasteiger partial charge in [0.1, 0.15) is 0 Å². The van der Waals surface area contributed by atoms with Crippen LogP contribution in [0.25, 0.3) is 10.8 Å². The highest BCUT2D eigenvalue weighted by Gasteiger charge is 2.26. The van der Waals surface area contributed by atoms with Gasteiger partial charge in [0.05, 0.1) is 24.2 Å². The molecule has 1 fully saturated rings. The Balaban J connectivity index is 1.48. The van der Waals surface area contributed by atoms with E-state index >= 15 is 0 Å². The van der Waals surface area contributed by atoms with Crippen LogP contribution in [-0.4, -0.2) is 59.5 Å². The predicted molar refractivity (Wildman–Crippen MR) is 139 cm³/mol. The normalized spacial score (nSPS) is 16.1. The van der Waals surface area contributed by atoms with Gasteiger partial charge in [0.2, 0.25) is 5.91 Å². The van der Waals surface area contributed by atoms with Crippen LogP contribution in [-0.2, 0) is 22.5 Å². The number of ether oxygens (including phenoxy) is 1. The molecule has 0 aliphatic carbocycles. The second-order valence-electron chi connectivity index (χ2n) is 8.91. The molecule has 1 amide bonds. The van der Waals surface area contributed by atoms with Crippen LogP contribution in [0.15, 0.2) is 53.3 Å². The molecule has 8 heteroatoms. The minimum atomic E-state index is -0.0685. The maximum absolute atomic E-state index is 13.3. The van der Waals surface area contributed by atoms with Crippen molar-refractivity contribution in [3.8, 4) is 0 Å². The van der Waals surface area contributed by atoms with E-state index in [1.165, 1.54) is 0 Å². The van der Waals surface area contributed by atoms with E-state index in [-0.39, 0.29) is 17.5 Å². The first kappa shape index (κ1) is 25.4. The maximum atomic E-state index is 13.3. The Morgan fingerprint density at radius 1 is 1.17 bits per heavy atom. The number of aromatic nitrogens is 2. The van der Waals surface area contributed by atoms with Crippen LogP contribution in [0.4, 0.5) is 0 Å². The van der Waals surface area contributed by atoms with Gasteiger partial charge in [-0.1, -0.05) is 41.9 Å². The zero-order valence-electron chi connectivity index (χ0n) is 20.2. The van der Waals surface area contributed by atoms with Gasteiger partial charge in [0.15, 0.2) is 0 Å². The summed E-state index contributed by atoms with van der Waals surface area (Å²) >= 11 is 6.05. The molecule has 186 valence electrons. The van der Waals surface area contributed by atoms with Crippen LogP contribution in [0.2, 0.25) is 5.02 Å². The molecule has 1 aliphatic rings. The lowest BCUT2D eigenvalue weighted by atomic mass is 10.0. The molecule has 4 rings (SSSR count). The first-order valence-electron chi connectivity index (χ1n) is 12.4. The molecule has 1 N–H and O–H groups in total. The van der Waals surface area contributed by atoms with Crippen molar-refractivity contribution in [3.63, 3.8) is 0 Å². The molecule has 0 saturated carbocycles. The number of halogens is 1. The standard InChI is InChI=1S/C27H33ClN4O3/c1-2-35-17-14-29-26(33)13-16-31-15-5-6-22(31)19-32-27(34)24-8-4-3-7-23(24)25(30-32)18-20-9-11-21(28)12-10-20/h3-4,7-12,22H,2,5-6,13-19H2,1H3,(H,29,33)/t22-/m1/s1. The van der Waals surface area contributed by atoms with Gasteiger partial charge in [-0.15, -0.1) is 0 Å². The van der Waals surface area contributed by atoms with E-state index in [0.29, 0.717) is 56.1 Å². The SMILES string of the molecule is CCOCCNC(=O)CCN1CCC[C@@H]1Cn1nc(Cc2ccc(Cl)cc2)c2ccccc2c1=O. The highest BCUT2D eigenvalue weighted by Crippen LogP contribution is 2.21. The second-order valence-corrected chi connectivity index (χ2v) is 9.35. The van der Waals surface area contributed by atoms with Crippen molar-refractivity contribution < 1.29 is 9.53 Å². The van der Waals surface area contributed by atoms with E-state index in [0.717, 1.165) is 36.0 Å². The summed E-state index contributed by atoms with van der Waals surface area (Å²) in [6.45, 7) is 5.76. The largest absolute Gasteiger partial charge is 0.380 e. The van der Waals surface area contributed by atoms with Crippen molar-refractivity contribution in [1.82, 2.24) is 20.0 Å². The van der Waals surface area contributed by atoms with Gasteiger partial charge in [0, 0.05) is 49.0 Å². The van der Waals surface area contributed by atoms with Gasteiger partial charge in [0.25, 0.3) is 5.56 Å². The van der Waals surface area contributed by atoms with Crippen LogP contribution >= 0.6 is 11.6 Å². The summed E-state index contributed by atoms with van der Waals surface area (Å²) in [6.07, 6.45) is 3.09. The molecule has 1 atom stereocenters. The smallest absolute Gasteiger partial charge is 0.274 e. The first-order chi connectivity index (χ1) is 17.0. The van der Waals surface area contributed by atoms with E-state index in [9.17, 15) is 9.59 Å². The van der Waals surface area contributed by atoms with Crippen molar-refractivity contribution in [2.45, 2.75) is 45.2 Å². The molecular formula is C27H33ClN4O3. The number of rotatable bonds is 11. The Labute approximate surface area is 211 Å². The molecule has 0 radical (unpaired) electrons. The first-order valence-corrected chi connectivity index (χ1v) is 12.7. The summed E-state index contributed by atoms with van der Waals surface area (Å²) < 4.78 is 6.89. The summed E-state index contributed by atoms with van der Waals surface area (Å²) in [6, 6.07) is 15.6. The lowest BCUT2D eigenvalue weighted by Crippen LogP contribution is -2.39. The summed E-state index contributed by atoms with van der Waals surface area (Å²) in [5, 5.41) is 9.99. The predicted octanol–water partition coefficient (Wildman–Crippen LogP) is 3.65. The van der Waals surface area contributed by atoms with Crippen molar-refractivity contribution in [2.75, 3.05) is 32.8 Å². The monoisotopic (exact) mass is 496 g/mol. The molecule has 35 heavy (non-hydrogen) atoms. The van der Waals surface area contributed by atoms with Crippen molar-refractivity contribution in [2.24, 2.45) is 0 Å². The highest BCUT2D eigenvalue weighted by atomic mass is 35.5. The molecule has 0 bridgehead atoms. The molecule has 1 aliphatic heterocycles. The number of hydrogen-bond acceptors (Lipinski definition) is 5. The number of carbonyl (C=O) groups excluding carboxylic acids is 1. The maximum Gasteiger partial charge on any atom is 0.274 e. The van der Waals surface area contributed by atoms with Crippen molar-refractivity contribution >= 4 is 28.3 Å². The fraction of sp³-hybridized carbons (Fsp3) is 0.444. The minimum absolute atomic E-state index is 0.0293. The van der Waals surface area contributed by atoms with Gasteiger partial charge in [-0.05, 0) is 50.1 Å². The summed E-state index contributed by atoms with van der Waals surface area (Å²) in [7, 11) is 0. The Bertz CT molecular complexity index is 1200. The number of fused-ring (bicyclic) bond motifs is 1. The summed E-state index contributed by atoms with van der Waals surface area (Å²) in [5.41, 5.74) is 1.90. The zero-order valence-corrected chi connectivity index (χ0v) is 21.0. The van der Waals surface area contributed by atoms with Gasteiger partial charge in [-0.3, -0.25) is 14.5 Å². The van der Waals surface area contributed by atoms with Crippen molar-refractivity contribution in [3.05, 3.63) is 75.2 Å². The number of benzene rings is 2. The highest BCUT2D eigenvalue weighted by molar-refractivity contribution is 6.30. The van der Waals surface area contributed by atoms with E-state index in [2.05, 4.69) is 10.2 Å². The number of carbonyl (C=O) groups is 1. The Morgan fingerprint density at radius 2 is 1.94 bits per heavy atom. The molecule has 0 spiro atoms. The number of nitrogens with zero attached hydrogens (tertiary/aromatic N) is 3. The fourth-order valence-corrected chi connectivity index (χ4v) is 4.82. The number of amides is 1. The third-order valence-electron chi connectivity index (χ3n) is 6.51. The summed E-state index contributed by atoms with van der Waals surface area (Å²) in [5.74, 6) is 0.0293. The van der Waals surface area contributed by atoms with Crippen LogP contribution in [0.5, 0.6) is 0 Å². The molecule has 2 aromatic carbocycles. The van der Waals surface area contributed by atoms with E-state index < -0.39 is 0 Å². The average Bonchev–Trinajstić information content (AvgIpc) is 3.31. The van der Waals surface area contributed by atoms with Crippen molar-refractivity contribution in [1.29, 1.82) is 0 Å². The fourth-order valence-electron chi connectivity index (χ4n) is 4.69. The van der Waals surface area contributed by atoms with E-state index in [1.54, 1.807) is 4.68 Å². The Morgan fingerprint density at radius 3 is 2.71 bits per heavy atom. The lowest BCUT2D eigenvalue weighted by molar-refractivity contribution is -0.121. The molecule has 1 aromatic heterocycles. The van der Waals surface area contributed by atoms with Gasteiger partial charge >= 0.3 is 0 Å². The third-order valence-corrected chi connectivity index (χ3v) is 6.76. The molecule has 0 unspecified atom stereocenters. The number of likely N-dealkylation sites (tertiary alicyclic amines) is 1. The van der Waals surface area contributed by atoms with Crippen LogP contribution in [0.3, 0.4) is 0 Å². The third kappa shape index (κ3) is 6.69. The van der Waals surface area contributed by atoms with Gasteiger partial charge in [-0.2, -0.15) is 5.10 Å². The minimum Gasteiger partial charge on any atom is -0.380 e. The molecule has 2 heterocycles. The molecule has 3 aromatic rings. The van der Waals surface area contributed by atoms with Crippen LogP contribution in [0, 0.1) is 0 Å². The van der Waals surface area contributed by atoms with E-state index in [1.807, 2.05) is 55.5 Å². The van der Waals surface area contributed by atoms with Gasteiger partial charge in [-0.25, -0.2) is 4.68 Å². The molecule has 1 saturated heterocycles. The van der Waals surface area contributed by atoms with E-state index in [4.69, 9.17) is 21.4 Å². The van der Waals surface area contributed by atoms with Crippen LogP contribution < -0.4 is 10.9 Å². The second kappa shape index (κ2) is 12.3. The van der Waals surface area contributed by atoms with Crippen LogP contribution in [0.1, 0.15) is 37.4 Å². The summed E-state index contributed by atoms with van der Waals surface area (Å²) in [4.78, 5) is 27.8. The number of nitrogens with one attached hydrogen (secondary N) is 1. The zero-order chi connectivity index (χ0) is 24.6. The molecule has 7 nitrogen and oxygen atoms in total. The lowest BCUT2D eigenvalue weighted by Gasteiger charge is -2.25. The quantitative estimate of drug-likeness (QED) is 0.410.